The van der Waals surface area contributed by atoms with E-state index in [1.54, 1.807) is 9.80 Å². The fraction of sp³-hybridized carbons (Fsp3) is 0.462. The molecule has 0 unspecified atom stereocenters. The van der Waals surface area contributed by atoms with Gasteiger partial charge < -0.3 is 19.8 Å². The summed E-state index contributed by atoms with van der Waals surface area (Å²) in [5, 5.41) is 10.7. The minimum Gasteiger partial charge on any atom is -0.390 e. The lowest BCUT2D eigenvalue weighted by atomic mass is 9.97. The highest BCUT2D eigenvalue weighted by Crippen LogP contribution is 2.26. The number of likely N-dealkylation sites (N-methyl/N-ethyl adjacent to an activating group) is 1. The van der Waals surface area contributed by atoms with Crippen molar-refractivity contribution >= 4 is 17.5 Å². The van der Waals surface area contributed by atoms with E-state index in [1.165, 1.54) is 11.1 Å². The lowest BCUT2D eigenvalue weighted by Crippen LogP contribution is -2.48. The van der Waals surface area contributed by atoms with Crippen molar-refractivity contribution in [3.05, 3.63) is 64.7 Å². The van der Waals surface area contributed by atoms with Gasteiger partial charge in [0.2, 0.25) is 5.91 Å². The second kappa shape index (κ2) is 9.15. The summed E-state index contributed by atoms with van der Waals surface area (Å²) in [4.78, 5) is 33.1. The quantitative estimate of drug-likeness (QED) is 0.749. The Hall–Kier alpha value is -2.90. The first-order valence-electron chi connectivity index (χ1n) is 11.9. The number of rotatable bonds is 5. The van der Waals surface area contributed by atoms with Crippen LogP contribution in [-0.4, -0.2) is 90.6 Å². The summed E-state index contributed by atoms with van der Waals surface area (Å²) in [7, 11) is 1.83. The number of benzene rings is 2. The van der Waals surface area contributed by atoms with Gasteiger partial charge in [-0.05, 0) is 47.7 Å². The van der Waals surface area contributed by atoms with Crippen LogP contribution >= 0.6 is 0 Å². The van der Waals surface area contributed by atoms with Crippen LogP contribution in [0.5, 0.6) is 0 Å². The Kier molecular flexibility index (Phi) is 6.08. The van der Waals surface area contributed by atoms with Crippen molar-refractivity contribution in [1.82, 2.24) is 14.7 Å². The molecule has 0 aromatic heterocycles. The summed E-state index contributed by atoms with van der Waals surface area (Å²) in [5.41, 5.74) is 5.47. The maximum absolute atomic E-state index is 13.1. The summed E-state index contributed by atoms with van der Waals surface area (Å²) in [6, 6.07) is 14.4. The van der Waals surface area contributed by atoms with Gasteiger partial charge in [-0.3, -0.25) is 14.5 Å². The van der Waals surface area contributed by atoms with Crippen molar-refractivity contribution in [2.24, 2.45) is 0 Å². The van der Waals surface area contributed by atoms with Gasteiger partial charge in [0.25, 0.3) is 5.91 Å². The van der Waals surface area contributed by atoms with Crippen molar-refractivity contribution in [2.75, 3.05) is 57.8 Å². The van der Waals surface area contributed by atoms with E-state index in [4.69, 9.17) is 0 Å². The summed E-state index contributed by atoms with van der Waals surface area (Å²) in [6.45, 7) is 5.20. The van der Waals surface area contributed by atoms with Gasteiger partial charge in [-0.2, -0.15) is 0 Å². The molecule has 5 rings (SSSR count). The number of hydrogen-bond acceptors (Lipinski definition) is 5. The van der Waals surface area contributed by atoms with E-state index in [0.717, 1.165) is 43.7 Å². The average Bonchev–Trinajstić information content (AvgIpc) is 2.82. The maximum Gasteiger partial charge on any atom is 0.254 e. The number of anilines is 1. The molecule has 0 saturated carbocycles. The Bertz CT molecular complexity index is 1060. The summed E-state index contributed by atoms with van der Waals surface area (Å²) < 4.78 is 0. The molecular weight excluding hydrogens is 416 g/mol. The molecule has 2 aromatic rings. The number of amides is 2. The number of nitrogens with zero attached hydrogens (tertiary/aromatic N) is 4. The van der Waals surface area contributed by atoms with Gasteiger partial charge in [0.15, 0.2) is 0 Å². The Morgan fingerprint density at radius 1 is 0.879 bits per heavy atom. The van der Waals surface area contributed by atoms with Gasteiger partial charge >= 0.3 is 0 Å². The van der Waals surface area contributed by atoms with Crippen LogP contribution in [0.2, 0.25) is 0 Å². The lowest BCUT2D eigenvalue weighted by Gasteiger charge is -2.35. The Morgan fingerprint density at radius 2 is 1.67 bits per heavy atom. The minimum atomic E-state index is -0.573. The SMILES string of the molecule is CN1CCN(c2ccc3c(c2)CCN(C[C@H](O)CN2CCc4ccccc4C2)C3=O)CC1=O. The van der Waals surface area contributed by atoms with Crippen LogP contribution in [0, 0.1) is 0 Å². The first-order chi connectivity index (χ1) is 16.0. The van der Waals surface area contributed by atoms with Gasteiger partial charge in [0.05, 0.1) is 12.6 Å². The zero-order valence-electron chi connectivity index (χ0n) is 19.2. The van der Waals surface area contributed by atoms with E-state index in [2.05, 4.69) is 40.1 Å². The molecule has 0 radical (unpaired) electrons. The molecule has 3 aliphatic rings. The summed E-state index contributed by atoms with van der Waals surface area (Å²) >= 11 is 0. The predicted octanol–water partition coefficient (Wildman–Crippen LogP) is 1.38. The molecule has 1 N–H and O–H groups in total. The van der Waals surface area contributed by atoms with Gasteiger partial charge in [-0.15, -0.1) is 0 Å². The van der Waals surface area contributed by atoms with Crippen molar-refractivity contribution in [3.63, 3.8) is 0 Å². The molecule has 33 heavy (non-hydrogen) atoms. The van der Waals surface area contributed by atoms with Crippen molar-refractivity contribution in [2.45, 2.75) is 25.5 Å². The molecule has 2 amide bonds. The monoisotopic (exact) mass is 448 g/mol. The Balaban J connectivity index is 1.19. The fourth-order valence-electron chi connectivity index (χ4n) is 5.19. The van der Waals surface area contributed by atoms with E-state index >= 15 is 0 Å². The third-order valence-corrected chi connectivity index (χ3v) is 7.19. The van der Waals surface area contributed by atoms with Gasteiger partial charge in [0, 0.05) is 64.1 Å². The topological polar surface area (TPSA) is 67.3 Å². The first-order valence-corrected chi connectivity index (χ1v) is 11.9. The van der Waals surface area contributed by atoms with Gasteiger partial charge in [0.1, 0.15) is 0 Å². The highest BCUT2D eigenvalue weighted by atomic mass is 16.3. The van der Waals surface area contributed by atoms with Crippen LogP contribution in [0.15, 0.2) is 42.5 Å². The highest BCUT2D eigenvalue weighted by Gasteiger charge is 2.29. The third kappa shape index (κ3) is 4.61. The first kappa shape index (κ1) is 21.9. The Morgan fingerprint density at radius 3 is 2.48 bits per heavy atom. The van der Waals surface area contributed by atoms with E-state index in [9.17, 15) is 14.7 Å². The van der Waals surface area contributed by atoms with Crippen LogP contribution in [0.25, 0.3) is 0 Å². The van der Waals surface area contributed by atoms with E-state index in [1.807, 2.05) is 19.2 Å². The number of aliphatic hydroxyl groups is 1. The van der Waals surface area contributed by atoms with Gasteiger partial charge in [-0.25, -0.2) is 0 Å². The second-order valence-corrected chi connectivity index (χ2v) is 9.49. The molecule has 2 aromatic carbocycles. The summed E-state index contributed by atoms with van der Waals surface area (Å²) in [6.07, 6.45) is 1.19. The molecular formula is C26H32N4O3. The number of carbonyl (C=O) groups excluding carboxylic acids is 2. The average molecular weight is 449 g/mol. The molecule has 3 aliphatic heterocycles. The van der Waals surface area contributed by atoms with Crippen LogP contribution in [0.4, 0.5) is 5.69 Å². The number of β-amino-alcohol motifs (C(OH)–C–C–N with tert-alkyl or cyclic N) is 1. The molecule has 1 saturated heterocycles. The normalized spacial score (nSPS) is 20.0. The number of hydrogen-bond donors (Lipinski definition) is 1. The van der Waals surface area contributed by atoms with Crippen LogP contribution in [-0.2, 0) is 24.2 Å². The third-order valence-electron chi connectivity index (χ3n) is 7.19. The Labute approximate surface area is 195 Å². The molecule has 7 heteroatoms. The molecule has 0 bridgehead atoms. The van der Waals surface area contributed by atoms with Crippen molar-refractivity contribution in [3.8, 4) is 0 Å². The predicted molar refractivity (Wildman–Crippen MR) is 127 cm³/mol. The van der Waals surface area contributed by atoms with Crippen LogP contribution < -0.4 is 4.90 Å². The fourth-order valence-corrected chi connectivity index (χ4v) is 5.19. The largest absolute Gasteiger partial charge is 0.390 e. The highest BCUT2D eigenvalue weighted by molar-refractivity contribution is 5.97. The van der Waals surface area contributed by atoms with Gasteiger partial charge in [-0.1, -0.05) is 24.3 Å². The molecule has 7 nitrogen and oxygen atoms in total. The molecule has 174 valence electrons. The number of piperazine rings is 1. The molecule has 1 fully saturated rings. The van der Waals surface area contributed by atoms with Crippen LogP contribution in [0.3, 0.4) is 0 Å². The summed E-state index contributed by atoms with van der Waals surface area (Å²) in [5.74, 6) is 0.104. The standard InChI is InChI=1S/C26H32N4O3/c1-27-12-13-29(18-25(27)32)22-6-7-24-20(14-22)9-11-30(26(24)33)17-23(31)16-28-10-8-19-4-2-3-5-21(19)15-28/h2-7,14,23,31H,8-13,15-18H2,1H3/t23-/m1/s1. The van der Waals surface area contributed by atoms with E-state index in [-0.39, 0.29) is 11.8 Å². The number of fused-ring (bicyclic) bond motifs is 2. The lowest BCUT2D eigenvalue weighted by molar-refractivity contribution is -0.129. The van der Waals surface area contributed by atoms with Crippen molar-refractivity contribution < 1.29 is 14.7 Å². The number of aliphatic hydroxyl groups excluding tert-OH is 1. The van der Waals surface area contributed by atoms with E-state index in [0.29, 0.717) is 38.3 Å². The number of carbonyl (C=O) groups is 2. The second-order valence-electron chi connectivity index (χ2n) is 9.49. The maximum atomic E-state index is 13.1. The smallest absolute Gasteiger partial charge is 0.254 e. The van der Waals surface area contributed by atoms with Crippen molar-refractivity contribution in [1.29, 1.82) is 0 Å². The molecule has 0 spiro atoms. The van der Waals surface area contributed by atoms with E-state index < -0.39 is 6.10 Å². The zero-order chi connectivity index (χ0) is 22.9. The van der Waals surface area contributed by atoms with Crippen LogP contribution in [0.1, 0.15) is 27.0 Å². The minimum absolute atomic E-state index is 0.0136. The molecule has 3 heterocycles. The zero-order valence-corrected chi connectivity index (χ0v) is 19.2. The molecule has 0 aliphatic carbocycles. The molecule has 1 atom stereocenters.